The van der Waals surface area contributed by atoms with Crippen molar-refractivity contribution in [3.05, 3.63) is 113 Å². The lowest BCUT2D eigenvalue weighted by atomic mass is 10.1. The molecule has 208 valence electrons. The van der Waals surface area contributed by atoms with Crippen molar-refractivity contribution < 1.29 is 22.7 Å². The zero-order chi connectivity index (χ0) is 29.0. The smallest absolute Gasteiger partial charge is 0.325 e. The molecule has 41 heavy (non-hydrogen) atoms. The Kier molecular flexibility index (Phi) is 8.15. The van der Waals surface area contributed by atoms with Gasteiger partial charge in [0.2, 0.25) is 0 Å². The molecule has 1 aliphatic rings. The van der Waals surface area contributed by atoms with E-state index in [1.165, 1.54) is 0 Å². The molecule has 1 fully saturated rings. The van der Waals surface area contributed by atoms with E-state index >= 15 is 0 Å². The van der Waals surface area contributed by atoms with E-state index in [2.05, 4.69) is 6.07 Å². The number of ether oxygens (including phenoxy) is 2. The summed E-state index contributed by atoms with van der Waals surface area (Å²) in [6, 6.07) is 29.8. The van der Waals surface area contributed by atoms with Gasteiger partial charge in [-0.15, -0.1) is 0 Å². The van der Waals surface area contributed by atoms with Crippen LogP contribution < -0.4 is 14.4 Å². The molecule has 10 heteroatoms. The van der Waals surface area contributed by atoms with Gasteiger partial charge in [-0.25, -0.2) is 13.2 Å². The topological polar surface area (TPSA) is 99.9 Å². The lowest BCUT2D eigenvalue weighted by Gasteiger charge is -2.24. The number of nitriles is 1. The summed E-state index contributed by atoms with van der Waals surface area (Å²) in [4.78, 5) is 16.8. The van der Waals surface area contributed by atoms with Crippen molar-refractivity contribution in [3.63, 3.8) is 0 Å². The number of rotatable bonds is 9. The number of carbonyl (C=O) groups excluding carboxylic acids is 1. The lowest BCUT2D eigenvalue weighted by Crippen LogP contribution is -2.35. The second kappa shape index (κ2) is 11.9. The van der Waals surface area contributed by atoms with Gasteiger partial charge in [-0.05, 0) is 78.4 Å². The zero-order valence-corrected chi connectivity index (χ0v) is 23.7. The number of benzene rings is 4. The molecular weight excluding hydrogens is 562 g/mol. The molecule has 0 spiro atoms. The summed E-state index contributed by atoms with van der Waals surface area (Å²) in [5.74, 6) is 2.01. The minimum atomic E-state index is -3.27. The van der Waals surface area contributed by atoms with Crippen LogP contribution >= 0.6 is 11.6 Å². The van der Waals surface area contributed by atoms with Crippen molar-refractivity contribution in [1.29, 1.82) is 5.26 Å². The van der Waals surface area contributed by atoms with E-state index in [-0.39, 0.29) is 24.9 Å². The van der Waals surface area contributed by atoms with Gasteiger partial charge in [0.05, 0.1) is 17.4 Å². The molecule has 4 aromatic carbocycles. The second-order valence-electron chi connectivity index (χ2n) is 9.58. The number of anilines is 1. The maximum absolute atomic E-state index is 13.6. The van der Waals surface area contributed by atoms with Gasteiger partial charge in [0.25, 0.3) is 0 Å². The van der Waals surface area contributed by atoms with Crippen LogP contribution in [-0.4, -0.2) is 44.4 Å². The van der Waals surface area contributed by atoms with Crippen molar-refractivity contribution in [2.75, 3.05) is 30.0 Å². The number of sulfone groups is 1. The molecular formula is C31H26ClN3O5S. The van der Waals surface area contributed by atoms with E-state index in [1.807, 2.05) is 18.2 Å². The van der Waals surface area contributed by atoms with Crippen molar-refractivity contribution in [3.8, 4) is 29.1 Å². The highest BCUT2D eigenvalue weighted by Crippen LogP contribution is 2.37. The molecule has 1 atom stereocenters. The summed E-state index contributed by atoms with van der Waals surface area (Å²) < 4.78 is 35.6. The number of hydrogen-bond donors (Lipinski definition) is 0. The molecule has 0 aromatic heterocycles. The summed E-state index contributed by atoms with van der Waals surface area (Å²) in [5.41, 5.74) is 1.84. The maximum atomic E-state index is 13.6. The molecule has 0 aliphatic carbocycles. The Morgan fingerprint density at radius 1 is 0.902 bits per heavy atom. The number of carbonyl (C=O) groups is 1. The third kappa shape index (κ3) is 6.80. The van der Waals surface area contributed by atoms with Crippen LogP contribution in [0.2, 0.25) is 5.02 Å². The van der Waals surface area contributed by atoms with E-state index in [0.717, 1.165) is 11.8 Å². The van der Waals surface area contributed by atoms with Crippen molar-refractivity contribution in [2.24, 2.45) is 0 Å². The Hall–Kier alpha value is -4.52. The van der Waals surface area contributed by atoms with Crippen molar-refractivity contribution in [2.45, 2.75) is 6.04 Å². The molecule has 0 bridgehead atoms. The van der Waals surface area contributed by atoms with Crippen LogP contribution in [0.1, 0.15) is 17.2 Å². The normalized spacial score (nSPS) is 15.0. The fourth-order valence-electron chi connectivity index (χ4n) is 4.54. The highest BCUT2D eigenvalue weighted by molar-refractivity contribution is 7.90. The number of amides is 2. The Bertz CT molecular complexity index is 1700. The molecule has 1 saturated heterocycles. The predicted molar refractivity (Wildman–Crippen MR) is 158 cm³/mol. The monoisotopic (exact) mass is 587 g/mol. The lowest BCUT2D eigenvalue weighted by molar-refractivity contribution is 0.223. The number of hydrogen-bond acceptors (Lipinski definition) is 6. The van der Waals surface area contributed by atoms with Gasteiger partial charge >= 0.3 is 6.03 Å². The van der Waals surface area contributed by atoms with Crippen LogP contribution in [0.4, 0.5) is 10.5 Å². The number of halogens is 1. The predicted octanol–water partition coefficient (Wildman–Crippen LogP) is 6.82. The van der Waals surface area contributed by atoms with Crippen LogP contribution in [0.15, 0.2) is 97.1 Å². The van der Waals surface area contributed by atoms with Gasteiger partial charge in [-0.2, -0.15) is 5.26 Å². The molecule has 1 aliphatic heterocycles. The molecule has 0 N–H and O–H groups in total. The van der Waals surface area contributed by atoms with Gasteiger partial charge in [0, 0.05) is 30.1 Å². The minimum absolute atomic E-state index is 0.0775. The molecule has 1 heterocycles. The zero-order valence-electron chi connectivity index (χ0n) is 22.1. The molecule has 0 saturated carbocycles. The first-order valence-corrected chi connectivity index (χ1v) is 15.2. The van der Waals surface area contributed by atoms with Crippen molar-refractivity contribution in [1.82, 2.24) is 4.90 Å². The summed E-state index contributed by atoms with van der Waals surface area (Å²) in [5, 5.41) is 10.0. The van der Waals surface area contributed by atoms with Crippen LogP contribution in [0.3, 0.4) is 0 Å². The number of para-hydroxylation sites is 1. The summed E-state index contributed by atoms with van der Waals surface area (Å²) in [7, 11) is -3.27. The SMILES string of the molecule is CS(=O)(=O)CCN1CC(c2cccc(Oc3ccccc3C#N)c2)N(c2ccc(Oc3ccc(Cl)cc3)cc2)C1=O. The van der Waals surface area contributed by atoms with E-state index in [0.29, 0.717) is 39.3 Å². The van der Waals surface area contributed by atoms with Crippen LogP contribution in [-0.2, 0) is 9.84 Å². The van der Waals surface area contributed by atoms with Crippen LogP contribution in [0.25, 0.3) is 0 Å². The van der Waals surface area contributed by atoms with Gasteiger partial charge < -0.3 is 14.4 Å². The maximum Gasteiger partial charge on any atom is 0.325 e. The number of nitrogens with zero attached hydrogens (tertiary/aromatic N) is 3. The average Bonchev–Trinajstić information content (AvgIpc) is 3.29. The van der Waals surface area contributed by atoms with Gasteiger partial charge in [0.15, 0.2) is 0 Å². The fraction of sp³-hybridized carbons (Fsp3) is 0.161. The Morgan fingerprint density at radius 2 is 1.59 bits per heavy atom. The van der Waals surface area contributed by atoms with E-state index < -0.39 is 15.9 Å². The molecule has 2 amide bonds. The standard InChI is InChI=1S/C31H26ClN3O5S/c1-41(37,38)18-17-34-21-29(22-6-4-7-28(19-22)40-30-8-3-2-5-23(30)20-33)35(31(34)36)25-11-15-27(16-12-25)39-26-13-9-24(32)10-14-26/h2-16,19,29H,17-18,21H2,1H3. The van der Waals surface area contributed by atoms with E-state index in [9.17, 15) is 18.5 Å². The van der Waals surface area contributed by atoms with Crippen molar-refractivity contribution >= 4 is 33.2 Å². The Morgan fingerprint density at radius 3 is 2.27 bits per heavy atom. The van der Waals surface area contributed by atoms with E-state index in [4.69, 9.17) is 21.1 Å². The average molecular weight is 588 g/mol. The third-order valence-electron chi connectivity index (χ3n) is 6.56. The highest BCUT2D eigenvalue weighted by Gasteiger charge is 2.39. The molecule has 8 nitrogen and oxygen atoms in total. The first kappa shape index (κ1) is 28.0. The van der Waals surface area contributed by atoms with Crippen LogP contribution in [0.5, 0.6) is 23.0 Å². The first-order chi connectivity index (χ1) is 19.7. The van der Waals surface area contributed by atoms with Gasteiger partial charge in [-0.1, -0.05) is 35.9 Å². The highest BCUT2D eigenvalue weighted by atomic mass is 35.5. The van der Waals surface area contributed by atoms with Gasteiger partial charge in [-0.3, -0.25) is 4.90 Å². The summed E-state index contributed by atoms with van der Waals surface area (Å²) in [6.45, 7) is 0.365. The quantitative estimate of drug-likeness (QED) is 0.213. The fourth-order valence-corrected chi connectivity index (χ4v) is 5.21. The Labute approximate surface area is 243 Å². The van der Waals surface area contributed by atoms with Gasteiger partial charge in [0.1, 0.15) is 38.9 Å². The molecule has 4 aromatic rings. The minimum Gasteiger partial charge on any atom is -0.457 e. The van der Waals surface area contributed by atoms with Crippen LogP contribution in [0, 0.1) is 11.3 Å². The summed E-state index contributed by atoms with van der Waals surface area (Å²) in [6.07, 6.45) is 1.15. The Balaban J connectivity index is 1.43. The third-order valence-corrected chi connectivity index (χ3v) is 7.73. The summed E-state index contributed by atoms with van der Waals surface area (Å²) >= 11 is 5.96. The second-order valence-corrected chi connectivity index (χ2v) is 12.3. The molecule has 0 radical (unpaired) electrons. The largest absolute Gasteiger partial charge is 0.457 e. The first-order valence-electron chi connectivity index (χ1n) is 12.8. The van der Waals surface area contributed by atoms with E-state index in [1.54, 1.807) is 88.7 Å². The number of urea groups is 1. The molecule has 5 rings (SSSR count). The molecule has 1 unspecified atom stereocenters.